The maximum Gasteiger partial charge on any atom is 0.176 e. The van der Waals surface area contributed by atoms with Crippen LogP contribution in [-0.2, 0) is 4.74 Å². The number of benzene rings is 1. The molecule has 0 amide bonds. The Labute approximate surface area is 107 Å². The number of carbonyl (C=O) groups is 1. The van der Waals surface area contributed by atoms with Gasteiger partial charge < -0.3 is 9.84 Å². The summed E-state index contributed by atoms with van der Waals surface area (Å²) in [6.45, 7) is 2.01. The Kier molecular flexibility index (Phi) is 4.33. The second-order valence-electron chi connectivity index (χ2n) is 4.80. The molecule has 2 rings (SSSR count). The zero-order valence-electron chi connectivity index (χ0n) is 10.6. The highest BCUT2D eigenvalue weighted by Crippen LogP contribution is 2.14. The van der Waals surface area contributed by atoms with E-state index in [0.29, 0.717) is 12.1 Å². The van der Waals surface area contributed by atoms with Crippen molar-refractivity contribution in [3.63, 3.8) is 0 Å². The highest BCUT2D eigenvalue weighted by molar-refractivity contribution is 5.97. The molecule has 1 N–H and O–H groups in total. The minimum absolute atomic E-state index is 0.0653. The van der Waals surface area contributed by atoms with E-state index in [4.69, 9.17) is 4.74 Å². The topological polar surface area (TPSA) is 49.8 Å². The van der Waals surface area contributed by atoms with Crippen LogP contribution >= 0.6 is 0 Å². The summed E-state index contributed by atoms with van der Waals surface area (Å²) >= 11 is 0. The first kappa shape index (κ1) is 13.1. The molecule has 0 saturated carbocycles. The number of hydrogen-bond donors (Lipinski definition) is 1. The summed E-state index contributed by atoms with van der Waals surface area (Å²) in [5, 5.41) is 9.17. The predicted molar refractivity (Wildman–Crippen MR) is 68.9 cm³/mol. The smallest absolute Gasteiger partial charge is 0.176 e. The fraction of sp³-hybridized carbons (Fsp3) is 0.500. The molecule has 0 bridgehead atoms. The van der Waals surface area contributed by atoms with E-state index in [0.717, 1.165) is 26.0 Å². The molecule has 1 aliphatic heterocycles. The van der Waals surface area contributed by atoms with Crippen molar-refractivity contribution in [2.24, 2.45) is 0 Å². The largest absolute Gasteiger partial charge is 0.508 e. The van der Waals surface area contributed by atoms with Crippen molar-refractivity contribution < 1.29 is 14.6 Å². The Morgan fingerprint density at radius 1 is 1.44 bits per heavy atom. The van der Waals surface area contributed by atoms with E-state index in [1.54, 1.807) is 12.1 Å². The average Bonchev–Trinajstić information content (AvgIpc) is 2.82. The zero-order valence-corrected chi connectivity index (χ0v) is 10.6. The molecule has 18 heavy (non-hydrogen) atoms. The van der Waals surface area contributed by atoms with Crippen molar-refractivity contribution in [3.8, 4) is 5.75 Å². The number of carbonyl (C=O) groups excluding carboxylic acids is 1. The van der Waals surface area contributed by atoms with Crippen molar-refractivity contribution >= 4 is 5.78 Å². The van der Waals surface area contributed by atoms with E-state index < -0.39 is 0 Å². The number of rotatable bonds is 5. The van der Waals surface area contributed by atoms with Gasteiger partial charge in [0.15, 0.2) is 5.78 Å². The number of phenols is 1. The molecule has 1 aliphatic rings. The molecule has 0 aliphatic carbocycles. The molecule has 1 atom stereocenters. The van der Waals surface area contributed by atoms with Crippen LogP contribution in [0.4, 0.5) is 0 Å². The lowest BCUT2D eigenvalue weighted by Gasteiger charge is -2.19. The van der Waals surface area contributed by atoms with Crippen molar-refractivity contribution in [2.45, 2.75) is 18.9 Å². The molecule has 4 nitrogen and oxygen atoms in total. The first-order valence-electron chi connectivity index (χ1n) is 6.27. The number of ketones is 1. The highest BCUT2D eigenvalue weighted by atomic mass is 16.5. The molecule has 1 unspecified atom stereocenters. The summed E-state index contributed by atoms with van der Waals surface area (Å²) < 4.78 is 5.54. The lowest BCUT2D eigenvalue weighted by Crippen LogP contribution is -2.33. The third-order valence-electron chi connectivity index (χ3n) is 3.14. The molecule has 98 valence electrons. The molecule has 1 saturated heterocycles. The van der Waals surface area contributed by atoms with Gasteiger partial charge in [0.05, 0.1) is 12.6 Å². The third-order valence-corrected chi connectivity index (χ3v) is 3.14. The Hall–Kier alpha value is -1.39. The van der Waals surface area contributed by atoms with Gasteiger partial charge >= 0.3 is 0 Å². The van der Waals surface area contributed by atoms with Gasteiger partial charge in [-0.05, 0) is 44.2 Å². The molecule has 1 heterocycles. The molecule has 1 aromatic rings. The van der Waals surface area contributed by atoms with Gasteiger partial charge in [-0.2, -0.15) is 0 Å². The monoisotopic (exact) mass is 249 g/mol. The van der Waals surface area contributed by atoms with Crippen LogP contribution in [0, 0.1) is 0 Å². The van der Waals surface area contributed by atoms with Gasteiger partial charge in [0, 0.05) is 18.7 Å². The summed E-state index contributed by atoms with van der Waals surface area (Å²) in [4.78, 5) is 14.0. The minimum Gasteiger partial charge on any atom is -0.508 e. The molecule has 0 spiro atoms. The zero-order chi connectivity index (χ0) is 13.0. The summed E-state index contributed by atoms with van der Waals surface area (Å²) in [5.41, 5.74) is 0.631. The van der Waals surface area contributed by atoms with Crippen molar-refractivity contribution in [2.75, 3.05) is 26.7 Å². The first-order valence-corrected chi connectivity index (χ1v) is 6.27. The van der Waals surface area contributed by atoms with Gasteiger partial charge in [0.25, 0.3) is 0 Å². The third kappa shape index (κ3) is 3.55. The summed E-state index contributed by atoms with van der Waals surface area (Å²) in [7, 11) is 1.93. The van der Waals surface area contributed by atoms with E-state index >= 15 is 0 Å². The number of aromatic hydroxyl groups is 1. The Morgan fingerprint density at radius 2 is 2.17 bits per heavy atom. The number of likely N-dealkylation sites (N-methyl/N-ethyl adjacent to an activating group) is 1. The second-order valence-corrected chi connectivity index (χ2v) is 4.80. The van der Waals surface area contributed by atoms with Crippen LogP contribution in [0.15, 0.2) is 24.3 Å². The van der Waals surface area contributed by atoms with E-state index in [-0.39, 0.29) is 17.6 Å². The van der Waals surface area contributed by atoms with Crippen LogP contribution in [0.2, 0.25) is 0 Å². The number of phenolic OH excluding ortho intramolecular Hbond substituents is 1. The maximum absolute atomic E-state index is 12.0. The Bertz CT molecular complexity index is 396. The van der Waals surface area contributed by atoms with E-state index in [1.165, 1.54) is 12.1 Å². The van der Waals surface area contributed by atoms with E-state index in [2.05, 4.69) is 0 Å². The van der Waals surface area contributed by atoms with Crippen LogP contribution in [0.25, 0.3) is 0 Å². The van der Waals surface area contributed by atoms with Gasteiger partial charge in [0.1, 0.15) is 5.75 Å². The second kappa shape index (κ2) is 5.98. The van der Waals surface area contributed by atoms with Gasteiger partial charge in [-0.15, -0.1) is 0 Å². The summed E-state index contributed by atoms with van der Waals surface area (Å²) in [5.74, 6) is 0.245. The van der Waals surface area contributed by atoms with Crippen molar-refractivity contribution in [3.05, 3.63) is 29.8 Å². The van der Waals surface area contributed by atoms with Crippen LogP contribution in [0.1, 0.15) is 23.2 Å². The molecule has 1 fully saturated rings. The fourth-order valence-electron chi connectivity index (χ4n) is 2.18. The Balaban J connectivity index is 1.84. The first-order chi connectivity index (χ1) is 8.65. The van der Waals surface area contributed by atoms with Crippen LogP contribution < -0.4 is 0 Å². The molecular formula is C14H19NO3. The lowest BCUT2D eigenvalue weighted by molar-refractivity contribution is 0.0740. The number of hydrogen-bond acceptors (Lipinski definition) is 4. The maximum atomic E-state index is 12.0. The Morgan fingerprint density at radius 3 is 2.78 bits per heavy atom. The standard InChI is InChI=1S/C14H19NO3/c1-15(9-13-3-2-8-18-13)10-14(17)11-4-6-12(16)7-5-11/h4-7,13,16H,2-3,8-10H2,1H3. The van der Waals surface area contributed by atoms with E-state index in [9.17, 15) is 9.90 Å². The average molecular weight is 249 g/mol. The van der Waals surface area contributed by atoms with Crippen LogP contribution in [0.3, 0.4) is 0 Å². The highest BCUT2D eigenvalue weighted by Gasteiger charge is 2.18. The number of ether oxygens (including phenoxy) is 1. The van der Waals surface area contributed by atoms with Gasteiger partial charge in [-0.3, -0.25) is 9.69 Å². The minimum atomic E-state index is 0.0653. The van der Waals surface area contributed by atoms with Crippen LogP contribution in [-0.4, -0.2) is 48.6 Å². The predicted octanol–water partition coefficient (Wildman–Crippen LogP) is 1.69. The van der Waals surface area contributed by atoms with Gasteiger partial charge in [-0.25, -0.2) is 0 Å². The quantitative estimate of drug-likeness (QED) is 0.807. The molecule has 0 aromatic heterocycles. The van der Waals surface area contributed by atoms with Crippen molar-refractivity contribution in [1.29, 1.82) is 0 Å². The fourth-order valence-corrected chi connectivity index (χ4v) is 2.18. The normalized spacial score (nSPS) is 19.3. The molecule has 0 radical (unpaired) electrons. The SMILES string of the molecule is CN(CC(=O)c1ccc(O)cc1)CC1CCCO1. The summed E-state index contributed by atoms with van der Waals surface area (Å²) in [6.07, 6.45) is 2.46. The van der Waals surface area contributed by atoms with E-state index in [1.807, 2.05) is 11.9 Å². The summed E-state index contributed by atoms with van der Waals surface area (Å²) in [6, 6.07) is 6.37. The van der Waals surface area contributed by atoms with Crippen molar-refractivity contribution in [1.82, 2.24) is 4.90 Å². The molecule has 4 heteroatoms. The van der Waals surface area contributed by atoms with Gasteiger partial charge in [-0.1, -0.05) is 0 Å². The number of Topliss-reactive ketones (excluding diaryl/α,β-unsaturated/α-hetero) is 1. The van der Waals surface area contributed by atoms with Gasteiger partial charge in [0.2, 0.25) is 0 Å². The molecule has 1 aromatic carbocycles. The number of nitrogens with zero attached hydrogens (tertiary/aromatic N) is 1. The lowest BCUT2D eigenvalue weighted by atomic mass is 10.1. The molecular weight excluding hydrogens is 230 g/mol. The van der Waals surface area contributed by atoms with Crippen LogP contribution in [0.5, 0.6) is 5.75 Å².